The van der Waals surface area contributed by atoms with Crippen molar-refractivity contribution in [3.63, 3.8) is 0 Å². The number of nitrogens with one attached hydrogen (secondary N) is 1. The van der Waals surface area contributed by atoms with Gasteiger partial charge in [0.15, 0.2) is 0 Å². The van der Waals surface area contributed by atoms with E-state index in [2.05, 4.69) is 50.4 Å². The minimum Gasteiger partial charge on any atom is -0.389 e. The second-order valence-electron chi connectivity index (χ2n) is 11.8. The largest absolute Gasteiger partial charge is 0.389 e. The Hall–Kier alpha value is -1.63. The summed E-state index contributed by atoms with van der Waals surface area (Å²) in [6, 6.07) is 10.8. The number of nitrogens with zero attached hydrogens (tertiary/aromatic N) is 1. The van der Waals surface area contributed by atoms with Crippen LogP contribution in [0.25, 0.3) is 0 Å². The normalized spacial score (nSPS) is 44.4. The molecule has 0 bridgehead atoms. The molecule has 0 aromatic heterocycles. The molecule has 1 aromatic rings. The maximum atomic E-state index is 10.8. The topological polar surface area (TPSA) is 56.0 Å². The van der Waals surface area contributed by atoms with Gasteiger partial charge in [0.25, 0.3) is 0 Å². The van der Waals surface area contributed by atoms with E-state index in [-0.39, 0.29) is 11.5 Å². The van der Waals surface area contributed by atoms with Crippen LogP contribution in [0.5, 0.6) is 0 Å². The summed E-state index contributed by atoms with van der Waals surface area (Å²) >= 11 is 0. The number of benzene rings is 1. The Morgan fingerprint density at radius 2 is 1.84 bits per heavy atom. The van der Waals surface area contributed by atoms with E-state index >= 15 is 0 Å². The summed E-state index contributed by atoms with van der Waals surface area (Å²) in [6.07, 6.45) is 12.3. The molecule has 0 amide bonds. The SMILES string of the molecule is C/C=C1/[C@H](O)C[C@H]2[C@@H]3CCC4C[C@@H](NCc5ccc(C#N)cc5)CC[C@]4(C)[C@H]3CC[C@]12C. The first kappa shape index (κ1) is 22.2. The first-order valence-electron chi connectivity index (χ1n) is 13.0. The molecule has 0 saturated heterocycles. The lowest BCUT2D eigenvalue weighted by Gasteiger charge is -2.60. The van der Waals surface area contributed by atoms with Crippen molar-refractivity contribution in [2.75, 3.05) is 0 Å². The highest BCUT2D eigenvalue weighted by Gasteiger charge is 2.60. The molecule has 5 rings (SSSR count). The average Bonchev–Trinajstić information content (AvgIpc) is 3.07. The van der Waals surface area contributed by atoms with Crippen LogP contribution in [0.3, 0.4) is 0 Å². The fourth-order valence-electron chi connectivity index (χ4n) is 8.79. The molecule has 4 aliphatic rings. The summed E-state index contributed by atoms with van der Waals surface area (Å²) in [4.78, 5) is 0. The lowest BCUT2D eigenvalue weighted by Crippen LogP contribution is -2.54. The zero-order valence-electron chi connectivity index (χ0n) is 20.1. The molecule has 172 valence electrons. The Morgan fingerprint density at radius 3 is 2.56 bits per heavy atom. The van der Waals surface area contributed by atoms with Crippen LogP contribution >= 0.6 is 0 Å². The number of hydrogen-bond donors (Lipinski definition) is 2. The van der Waals surface area contributed by atoms with E-state index in [9.17, 15) is 5.11 Å². The second-order valence-corrected chi connectivity index (χ2v) is 11.8. The first-order chi connectivity index (χ1) is 15.4. The van der Waals surface area contributed by atoms with Crippen molar-refractivity contribution in [3.8, 4) is 6.07 Å². The highest BCUT2D eigenvalue weighted by atomic mass is 16.3. The highest BCUT2D eigenvalue weighted by molar-refractivity contribution is 5.31. The van der Waals surface area contributed by atoms with Gasteiger partial charge in [-0.1, -0.05) is 32.1 Å². The molecule has 0 radical (unpaired) electrons. The van der Waals surface area contributed by atoms with Crippen LogP contribution in [0.2, 0.25) is 0 Å². The van der Waals surface area contributed by atoms with Gasteiger partial charge in [0.2, 0.25) is 0 Å². The van der Waals surface area contributed by atoms with Gasteiger partial charge in [-0.15, -0.1) is 0 Å². The molecular weight excluding hydrogens is 392 g/mol. The molecule has 4 aliphatic carbocycles. The molecule has 1 unspecified atom stereocenters. The van der Waals surface area contributed by atoms with Crippen LogP contribution in [0.15, 0.2) is 35.9 Å². The Morgan fingerprint density at radius 1 is 1.06 bits per heavy atom. The van der Waals surface area contributed by atoms with E-state index in [0.29, 0.717) is 17.4 Å². The average molecular weight is 433 g/mol. The Balaban J connectivity index is 1.25. The van der Waals surface area contributed by atoms with Gasteiger partial charge < -0.3 is 10.4 Å². The van der Waals surface area contributed by atoms with Crippen LogP contribution < -0.4 is 5.32 Å². The molecule has 4 saturated carbocycles. The van der Waals surface area contributed by atoms with Gasteiger partial charge in [0, 0.05) is 12.6 Å². The summed E-state index contributed by atoms with van der Waals surface area (Å²) in [5, 5.41) is 23.6. The number of allylic oxidation sites excluding steroid dienone is 1. The fourth-order valence-corrected chi connectivity index (χ4v) is 8.79. The fraction of sp³-hybridized carbons (Fsp3) is 0.690. The lowest BCUT2D eigenvalue weighted by atomic mass is 9.45. The minimum atomic E-state index is -0.207. The summed E-state index contributed by atoms with van der Waals surface area (Å²) in [5.74, 6) is 3.13. The molecule has 3 heteroatoms. The van der Waals surface area contributed by atoms with E-state index < -0.39 is 0 Å². The zero-order chi connectivity index (χ0) is 22.5. The number of nitriles is 1. The molecule has 0 heterocycles. The second kappa shape index (κ2) is 8.30. The van der Waals surface area contributed by atoms with Crippen molar-refractivity contribution in [1.82, 2.24) is 5.32 Å². The van der Waals surface area contributed by atoms with Crippen LogP contribution in [-0.2, 0) is 6.54 Å². The standard InChI is InChI=1S/C29H40N2O/c1-4-24-27(32)16-26-23-10-9-21-15-22(31-18-20-7-5-19(17-30)6-8-20)11-13-28(21,2)25(23)12-14-29(24,26)3/h4-8,21-23,25-27,31-32H,9-16,18H2,1-3H3/b24-4-/t21?,22-,23+,25-,26-,27+,28-,29+/m0/s1. The molecule has 1 aromatic carbocycles. The summed E-state index contributed by atoms with van der Waals surface area (Å²) < 4.78 is 0. The monoisotopic (exact) mass is 432 g/mol. The summed E-state index contributed by atoms with van der Waals surface area (Å²) in [5.41, 5.74) is 4.05. The van der Waals surface area contributed by atoms with E-state index in [0.717, 1.165) is 36.3 Å². The quantitative estimate of drug-likeness (QED) is 0.578. The Kier molecular flexibility index (Phi) is 5.75. The first-order valence-corrected chi connectivity index (χ1v) is 13.0. The summed E-state index contributed by atoms with van der Waals surface area (Å²) in [6.45, 7) is 8.10. The molecule has 32 heavy (non-hydrogen) atoms. The van der Waals surface area contributed by atoms with E-state index in [4.69, 9.17) is 5.26 Å². The number of fused-ring (bicyclic) bond motifs is 5. The minimum absolute atomic E-state index is 0.207. The van der Waals surface area contributed by atoms with Crippen molar-refractivity contribution in [1.29, 1.82) is 5.26 Å². The molecular formula is C29H40N2O. The van der Waals surface area contributed by atoms with E-state index in [1.165, 1.54) is 56.1 Å². The van der Waals surface area contributed by atoms with Crippen molar-refractivity contribution < 1.29 is 5.11 Å². The molecule has 2 N–H and O–H groups in total. The number of aliphatic hydroxyl groups is 1. The van der Waals surface area contributed by atoms with Crippen LogP contribution in [0.4, 0.5) is 0 Å². The molecule has 0 spiro atoms. The maximum Gasteiger partial charge on any atom is 0.0991 e. The number of rotatable bonds is 3. The predicted molar refractivity (Wildman–Crippen MR) is 129 cm³/mol. The molecule has 4 fully saturated rings. The van der Waals surface area contributed by atoms with Crippen molar-refractivity contribution in [2.45, 2.75) is 90.8 Å². The van der Waals surface area contributed by atoms with Crippen LogP contribution in [0, 0.1) is 45.8 Å². The molecule has 3 nitrogen and oxygen atoms in total. The Labute approximate surface area is 194 Å². The predicted octanol–water partition coefficient (Wildman–Crippen LogP) is 5.98. The van der Waals surface area contributed by atoms with E-state index in [1.54, 1.807) is 0 Å². The van der Waals surface area contributed by atoms with Crippen LogP contribution in [0.1, 0.15) is 83.3 Å². The third-order valence-electron chi connectivity index (χ3n) is 10.5. The van der Waals surface area contributed by atoms with Crippen molar-refractivity contribution in [3.05, 3.63) is 47.0 Å². The van der Waals surface area contributed by atoms with Gasteiger partial charge in [0.1, 0.15) is 0 Å². The van der Waals surface area contributed by atoms with Crippen LogP contribution in [-0.4, -0.2) is 17.3 Å². The smallest absolute Gasteiger partial charge is 0.0991 e. The highest BCUT2D eigenvalue weighted by Crippen LogP contribution is 2.67. The van der Waals surface area contributed by atoms with Gasteiger partial charge >= 0.3 is 0 Å². The lowest BCUT2D eigenvalue weighted by molar-refractivity contribution is -0.102. The van der Waals surface area contributed by atoms with Crippen molar-refractivity contribution in [2.24, 2.45) is 34.5 Å². The molecule has 8 atom stereocenters. The number of aliphatic hydroxyl groups excluding tert-OH is 1. The summed E-state index contributed by atoms with van der Waals surface area (Å²) in [7, 11) is 0. The van der Waals surface area contributed by atoms with Gasteiger partial charge in [-0.2, -0.15) is 5.26 Å². The van der Waals surface area contributed by atoms with Gasteiger partial charge in [-0.3, -0.25) is 0 Å². The maximum absolute atomic E-state index is 10.8. The third kappa shape index (κ3) is 3.46. The van der Waals surface area contributed by atoms with Gasteiger partial charge in [0.05, 0.1) is 17.7 Å². The van der Waals surface area contributed by atoms with Crippen molar-refractivity contribution >= 4 is 0 Å². The molecule has 0 aliphatic heterocycles. The van der Waals surface area contributed by atoms with Gasteiger partial charge in [-0.25, -0.2) is 0 Å². The van der Waals surface area contributed by atoms with Gasteiger partial charge in [-0.05, 0) is 116 Å². The number of hydrogen-bond acceptors (Lipinski definition) is 3. The Bertz CT molecular complexity index is 914. The third-order valence-corrected chi connectivity index (χ3v) is 10.5. The zero-order valence-corrected chi connectivity index (χ0v) is 20.1. The van der Waals surface area contributed by atoms with E-state index in [1.807, 2.05) is 12.1 Å².